The van der Waals surface area contributed by atoms with Crippen molar-refractivity contribution in [2.75, 3.05) is 5.32 Å². The Labute approximate surface area is 173 Å². The van der Waals surface area contributed by atoms with Gasteiger partial charge in [-0.2, -0.15) is 0 Å². The molecule has 0 spiro atoms. The summed E-state index contributed by atoms with van der Waals surface area (Å²) in [7, 11) is 0. The van der Waals surface area contributed by atoms with Crippen LogP contribution in [0.4, 0.5) is 5.69 Å². The van der Waals surface area contributed by atoms with Crippen LogP contribution in [0, 0.1) is 0 Å². The lowest BCUT2D eigenvalue weighted by molar-refractivity contribution is 0.102. The van der Waals surface area contributed by atoms with Gasteiger partial charge in [-0.05, 0) is 62.4 Å². The SMILES string of the molecule is CC(C)Oc1cccc(C(=O)Nc2ccc(Cl)c(-c3nc4ccccc4o3)c2)c1. The van der Waals surface area contributed by atoms with Gasteiger partial charge in [0.2, 0.25) is 5.89 Å². The molecular weight excluding hydrogens is 388 g/mol. The number of halogens is 1. The van der Waals surface area contributed by atoms with Crippen LogP contribution in [-0.4, -0.2) is 17.0 Å². The first kappa shape index (κ1) is 19.0. The molecule has 0 saturated carbocycles. The third-order valence-corrected chi connectivity index (χ3v) is 4.55. The zero-order valence-corrected chi connectivity index (χ0v) is 16.7. The van der Waals surface area contributed by atoms with Crippen molar-refractivity contribution in [1.82, 2.24) is 4.98 Å². The standard InChI is InChI=1S/C23H19ClN2O3/c1-14(2)28-17-7-5-6-15(12-17)22(27)25-16-10-11-19(24)18(13-16)23-26-20-8-3-4-9-21(20)29-23/h3-14H,1-2H3,(H,25,27). The van der Waals surface area contributed by atoms with Gasteiger partial charge >= 0.3 is 0 Å². The third kappa shape index (κ3) is 4.25. The van der Waals surface area contributed by atoms with E-state index in [4.69, 9.17) is 20.8 Å². The lowest BCUT2D eigenvalue weighted by Gasteiger charge is -2.11. The summed E-state index contributed by atoms with van der Waals surface area (Å²) in [4.78, 5) is 17.2. The Balaban J connectivity index is 1.60. The van der Waals surface area contributed by atoms with E-state index in [0.717, 1.165) is 5.52 Å². The van der Waals surface area contributed by atoms with Crippen LogP contribution in [0.5, 0.6) is 5.75 Å². The molecule has 0 aliphatic heterocycles. The highest BCUT2D eigenvalue weighted by atomic mass is 35.5. The number of rotatable bonds is 5. The van der Waals surface area contributed by atoms with E-state index in [1.807, 2.05) is 44.2 Å². The van der Waals surface area contributed by atoms with Gasteiger partial charge in [-0.15, -0.1) is 0 Å². The summed E-state index contributed by atoms with van der Waals surface area (Å²) in [6, 6.07) is 19.7. The quantitative estimate of drug-likeness (QED) is 0.429. The van der Waals surface area contributed by atoms with Gasteiger partial charge in [-0.3, -0.25) is 4.79 Å². The molecule has 0 bridgehead atoms. The fourth-order valence-corrected chi connectivity index (χ4v) is 3.14. The molecule has 0 aliphatic carbocycles. The van der Waals surface area contributed by atoms with Crippen molar-refractivity contribution < 1.29 is 13.9 Å². The highest BCUT2D eigenvalue weighted by Crippen LogP contribution is 2.32. The second-order valence-corrected chi connectivity index (χ2v) is 7.24. The summed E-state index contributed by atoms with van der Waals surface area (Å²) in [6.45, 7) is 3.88. The molecule has 0 radical (unpaired) electrons. The first-order valence-corrected chi connectivity index (χ1v) is 9.61. The number of nitrogens with zero attached hydrogens (tertiary/aromatic N) is 1. The van der Waals surface area contributed by atoms with Crippen molar-refractivity contribution in [2.24, 2.45) is 0 Å². The van der Waals surface area contributed by atoms with Gasteiger partial charge in [0, 0.05) is 11.3 Å². The predicted molar refractivity (Wildman–Crippen MR) is 115 cm³/mol. The van der Waals surface area contributed by atoms with Crippen molar-refractivity contribution in [2.45, 2.75) is 20.0 Å². The van der Waals surface area contributed by atoms with Crippen molar-refractivity contribution in [3.05, 3.63) is 77.3 Å². The first-order chi connectivity index (χ1) is 14.0. The molecule has 3 aromatic carbocycles. The molecule has 1 aromatic heterocycles. The number of benzene rings is 3. The number of hydrogen-bond donors (Lipinski definition) is 1. The molecular formula is C23H19ClN2O3. The maximum Gasteiger partial charge on any atom is 0.255 e. The molecule has 1 N–H and O–H groups in total. The number of oxazole rings is 1. The van der Waals surface area contributed by atoms with Crippen LogP contribution in [0.3, 0.4) is 0 Å². The number of carbonyl (C=O) groups excluding carboxylic acids is 1. The number of hydrogen-bond acceptors (Lipinski definition) is 4. The molecule has 0 atom stereocenters. The minimum absolute atomic E-state index is 0.0310. The summed E-state index contributed by atoms with van der Waals surface area (Å²) in [5.74, 6) is 0.806. The van der Waals surface area contributed by atoms with Crippen molar-refractivity contribution >= 4 is 34.3 Å². The van der Waals surface area contributed by atoms with Crippen molar-refractivity contribution in [3.8, 4) is 17.2 Å². The Hall–Kier alpha value is -3.31. The molecule has 0 aliphatic rings. The van der Waals surface area contributed by atoms with Crippen LogP contribution < -0.4 is 10.1 Å². The predicted octanol–water partition coefficient (Wildman–Crippen LogP) is 6.19. The molecule has 146 valence electrons. The number of anilines is 1. The molecule has 0 saturated heterocycles. The van der Waals surface area contributed by atoms with Gasteiger partial charge in [-0.25, -0.2) is 4.98 Å². The van der Waals surface area contributed by atoms with Crippen molar-refractivity contribution in [1.29, 1.82) is 0 Å². The maximum atomic E-state index is 12.7. The number of para-hydroxylation sites is 2. The van der Waals surface area contributed by atoms with E-state index in [9.17, 15) is 4.79 Å². The van der Waals surface area contributed by atoms with Crippen molar-refractivity contribution in [3.63, 3.8) is 0 Å². The van der Waals surface area contributed by atoms with Crippen LogP contribution in [0.15, 0.2) is 71.1 Å². The lowest BCUT2D eigenvalue weighted by atomic mass is 10.1. The molecule has 0 fully saturated rings. The Morgan fingerprint density at radius 1 is 1.07 bits per heavy atom. The van der Waals surface area contributed by atoms with Crippen LogP contribution in [0.1, 0.15) is 24.2 Å². The van der Waals surface area contributed by atoms with E-state index in [2.05, 4.69) is 10.3 Å². The smallest absolute Gasteiger partial charge is 0.255 e. The maximum absolute atomic E-state index is 12.7. The van der Waals surface area contributed by atoms with Gasteiger partial charge in [-0.1, -0.05) is 29.8 Å². The Morgan fingerprint density at radius 2 is 1.90 bits per heavy atom. The number of aromatic nitrogens is 1. The van der Waals surface area contributed by atoms with E-state index < -0.39 is 0 Å². The van der Waals surface area contributed by atoms with Crippen LogP contribution in [0.2, 0.25) is 5.02 Å². The minimum atomic E-state index is -0.245. The largest absolute Gasteiger partial charge is 0.491 e. The second-order valence-electron chi connectivity index (χ2n) is 6.83. The van der Waals surface area contributed by atoms with E-state index in [0.29, 0.717) is 39.1 Å². The zero-order chi connectivity index (χ0) is 20.4. The second kappa shape index (κ2) is 7.97. The molecule has 4 aromatic rings. The normalized spacial score (nSPS) is 11.0. The molecule has 29 heavy (non-hydrogen) atoms. The topological polar surface area (TPSA) is 64.4 Å². The van der Waals surface area contributed by atoms with Crippen LogP contribution >= 0.6 is 11.6 Å². The number of carbonyl (C=O) groups is 1. The Morgan fingerprint density at radius 3 is 2.69 bits per heavy atom. The molecule has 6 heteroatoms. The fourth-order valence-electron chi connectivity index (χ4n) is 2.94. The van der Waals surface area contributed by atoms with E-state index >= 15 is 0 Å². The molecule has 5 nitrogen and oxygen atoms in total. The summed E-state index contributed by atoms with van der Waals surface area (Å²) >= 11 is 6.35. The van der Waals surface area contributed by atoms with E-state index in [1.165, 1.54) is 0 Å². The van der Waals surface area contributed by atoms with E-state index in [-0.39, 0.29) is 12.0 Å². The third-order valence-electron chi connectivity index (χ3n) is 4.22. The lowest BCUT2D eigenvalue weighted by Crippen LogP contribution is -2.12. The highest BCUT2D eigenvalue weighted by molar-refractivity contribution is 6.33. The summed E-state index contributed by atoms with van der Waals surface area (Å²) in [6.07, 6.45) is 0.0310. The van der Waals surface area contributed by atoms with Gasteiger partial charge in [0.25, 0.3) is 5.91 Å². The fraction of sp³-hybridized carbons (Fsp3) is 0.130. The summed E-state index contributed by atoms with van der Waals surface area (Å²) in [5, 5.41) is 3.38. The monoisotopic (exact) mass is 406 g/mol. The first-order valence-electron chi connectivity index (χ1n) is 9.23. The minimum Gasteiger partial charge on any atom is -0.491 e. The van der Waals surface area contributed by atoms with Gasteiger partial charge in [0.15, 0.2) is 5.58 Å². The van der Waals surface area contributed by atoms with Gasteiger partial charge in [0.05, 0.1) is 16.7 Å². The zero-order valence-electron chi connectivity index (χ0n) is 16.0. The Bertz CT molecular complexity index is 1150. The number of nitrogens with one attached hydrogen (secondary N) is 1. The van der Waals surface area contributed by atoms with Crippen LogP contribution in [-0.2, 0) is 0 Å². The molecule has 1 amide bonds. The van der Waals surface area contributed by atoms with Gasteiger partial charge in [0.1, 0.15) is 11.3 Å². The van der Waals surface area contributed by atoms with E-state index in [1.54, 1.807) is 36.4 Å². The number of fused-ring (bicyclic) bond motifs is 1. The number of amides is 1. The highest BCUT2D eigenvalue weighted by Gasteiger charge is 2.14. The Kier molecular flexibility index (Phi) is 5.23. The molecule has 4 rings (SSSR count). The number of ether oxygens (including phenoxy) is 1. The molecule has 0 unspecified atom stereocenters. The van der Waals surface area contributed by atoms with Gasteiger partial charge < -0.3 is 14.5 Å². The average molecular weight is 407 g/mol. The molecule has 1 heterocycles. The summed E-state index contributed by atoms with van der Waals surface area (Å²) < 4.78 is 11.5. The summed E-state index contributed by atoms with van der Waals surface area (Å²) in [5.41, 5.74) is 3.12. The average Bonchev–Trinajstić information content (AvgIpc) is 3.13. The van der Waals surface area contributed by atoms with Crippen LogP contribution in [0.25, 0.3) is 22.6 Å².